The Balaban J connectivity index is 1.42. The minimum atomic E-state index is -0.217. The summed E-state index contributed by atoms with van der Waals surface area (Å²) in [5, 5.41) is 6.75. The van der Waals surface area contributed by atoms with Gasteiger partial charge in [0.25, 0.3) is 5.91 Å². The number of amides is 1. The van der Waals surface area contributed by atoms with Crippen LogP contribution in [0.5, 0.6) is 5.75 Å². The zero-order valence-electron chi connectivity index (χ0n) is 16.3. The zero-order valence-corrected chi connectivity index (χ0v) is 16.3. The van der Waals surface area contributed by atoms with Crippen molar-refractivity contribution in [1.82, 2.24) is 20.3 Å². The topological polar surface area (TPSA) is 70.8 Å². The fourth-order valence-corrected chi connectivity index (χ4v) is 2.94. The Morgan fingerprint density at radius 1 is 1.19 bits per heavy atom. The Hall–Kier alpha value is -2.38. The van der Waals surface area contributed by atoms with Crippen LogP contribution in [0.2, 0.25) is 0 Å². The van der Waals surface area contributed by atoms with Crippen LogP contribution in [-0.2, 0) is 6.61 Å². The van der Waals surface area contributed by atoms with E-state index in [4.69, 9.17) is 9.26 Å². The maximum Gasteiger partial charge on any atom is 0.273 e. The highest BCUT2D eigenvalue weighted by atomic mass is 16.5. The Labute approximate surface area is 160 Å². The number of piperazine rings is 1. The average Bonchev–Trinajstić information content (AvgIpc) is 3.13. The molecule has 1 amide bonds. The van der Waals surface area contributed by atoms with Crippen molar-refractivity contribution in [2.24, 2.45) is 0 Å². The molecule has 7 heteroatoms. The number of likely N-dealkylation sites (N-methyl/N-ethyl adjacent to an activating group) is 1. The van der Waals surface area contributed by atoms with Gasteiger partial charge in [0.05, 0.1) is 0 Å². The average molecular weight is 372 g/mol. The van der Waals surface area contributed by atoms with Gasteiger partial charge in [0.15, 0.2) is 11.5 Å². The summed E-state index contributed by atoms with van der Waals surface area (Å²) in [7, 11) is 2.13. The molecule has 2 heterocycles. The van der Waals surface area contributed by atoms with Crippen LogP contribution >= 0.6 is 0 Å². The summed E-state index contributed by atoms with van der Waals surface area (Å²) in [6, 6.07) is 7.55. The third-order valence-electron chi connectivity index (χ3n) is 4.96. The highest BCUT2D eigenvalue weighted by molar-refractivity contribution is 5.92. The summed E-state index contributed by atoms with van der Waals surface area (Å²) in [6.45, 7) is 10.0. The van der Waals surface area contributed by atoms with Gasteiger partial charge in [0.1, 0.15) is 12.4 Å². The Kier molecular flexibility index (Phi) is 6.47. The first-order valence-electron chi connectivity index (χ1n) is 9.36. The standard InChI is InChI=1S/C20H28N4O3/c1-15-4-5-17(12-16(15)2)26-14-18-13-19(22-27-18)20(25)21-6-7-24-10-8-23(3)9-11-24/h4-5,12-13H,6-11,14H2,1-3H3,(H,21,25). The summed E-state index contributed by atoms with van der Waals surface area (Å²) in [6.07, 6.45) is 0. The molecule has 0 aliphatic carbocycles. The van der Waals surface area contributed by atoms with Gasteiger partial charge in [-0.25, -0.2) is 0 Å². The van der Waals surface area contributed by atoms with Crippen LogP contribution < -0.4 is 10.1 Å². The lowest BCUT2D eigenvalue weighted by atomic mass is 10.1. The first kappa shape index (κ1) is 19.4. The van der Waals surface area contributed by atoms with Crippen LogP contribution in [0.4, 0.5) is 0 Å². The van der Waals surface area contributed by atoms with Gasteiger partial charge in [-0.05, 0) is 44.2 Å². The highest BCUT2D eigenvalue weighted by Crippen LogP contribution is 2.18. The van der Waals surface area contributed by atoms with Gasteiger partial charge in [0, 0.05) is 45.3 Å². The number of aromatic nitrogens is 1. The van der Waals surface area contributed by atoms with Crippen molar-refractivity contribution in [1.29, 1.82) is 0 Å². The van der Waals surface area contributed by atoms with E-state index in [0.29, 0.717) is 12.3 Å². The number of carbonyl (C=O) groups excluding carboxylic acids is 1. The highest BCUT2D eigenvalue weighted by Gasteiger charge is 2.15. The monoisotopic (exact) mass is 372 g/mol. The third-order valence-corrected chi connectivity index (χ3v) is 4.96. The Morgan fingerprint density at radius 2 is 1.96 bits per heavy atom. The smallest absolute Gasteiger partial charge is 0.273 e. The minimum Gasteiger partial charge on any atom is -0.486 e. The van der Waals surface area contributed by atoms with Gasteiger partial charge >= 0.3 is 0 Å². The van der Waals surface area contributed by atoms with E-state index in [0.717, 1.165) is 38.5 Å². The van der Waals surface area contributed by atoms with Crippen molar-refractivity contribution in [3.63, 3.8) is 0 Å². The molecule has 1 aromatic carbocycles. The molecule has 0 saturated carbocycles. The lowest BCUT2D eigenvalue weighted by Crippen LogP contribution is -2.46. The van der Waals surface area contributed by atoms with E-state index in [-0.39, 0.29) is 18.2 Å². The molecule has 1 aromatic heterocycles. The predicted octanol–water partition coefficient (Wildman–Crippen LogP) is 1.85. The molecule has 0 unspecified atom stereocenters. The van der Waals surface area contributed by atoms with Crippen molar-refractivity contribution in [3.8, 4) is 5.75 Å². The molecule has 1 fully saturated rings. The molecule has 27 heavy (non-hydrogen) atoms. The number of hydrogen-bond donors (Lipinski definition) is 1. The van der Waals surface area contributed by atoms with Crippen LogP contribution in [0.3, 0.4) is 0 Å². The number of nitrogens with one attached hydrogen (secondary N) is 1. The zero-order chi connectivity index (χ0) is 19.2. The van der Waals surface area contributed by atoms with Crippen LogP contribution in [-0.4, -0.2) is 67.2 Å². The van der Waals surface area contributed by atoms with Gasteiger partial charge in [0.2, 0.25) is 0 Å². The van der Waals surface area contributed by atoms with E-state index >= 15 is 0 Å². The maximum absolute atomic E-state index is 12.2. The van der Waals surface area contributed by atoms with Gasteiger partial charge in [-0.2, -0.15) is 0 Å². The summed E-state index contributed by atoms with van der Waals surface area (Å²) >= 11 is 0. The second kappa shape index (κ2) is 9.01. The molecule has 1 aliphatic heterocycles. The van der Waals surface area contributed by atoms with Gasteiger partial charge < -0.3 is 19.5 Å². The molecule has 3 rings (SSSR count). The van der Waals surface area contributed by atoms with E-state index in [1.54, 1.807) is 6.07 Å². The van der Waals surface area contributed by atoms with Crippen LogP contribution in [0, 0.1) is 13.8 Å². The summed E-state index contributed by atoms with van der Waals surface area (Å²) in [4.78, 5) is 16.9. The van der Waals surface area contributed by atoms with E-state index < -0.39 is 0 Å². The number of aryl methyl sites for hydroxylation is 2. The molecule has 1 saturated heterocycles. The van der Waals surface area contributed by atoms with Crippen molar-refractivity contribution < 1.29 is 14.1 Å². The van der Waals surface area contributed by atoms with Crippen molar-refractivity contribution >= 4 is 5.91 Å². The fraction of sp³-hybridized carbons (Fsp3) is 0.500. The van der Waals surface area contributed by atoms with Gasteiger partial charge in [-0.15, -0.1) is 0 Å². The summed E-state index contributed by atoms with van der Waals surface area (Å²) < 4.78 is 10.9. The van der Waals surface area contributed by atoms with Gasteiger partial charge in [-0.1, -0.05) is 11.2 Å². The van der Waals surface area contributed by atoms with Crippen molar-refractivity contribution in [2.75, 3.05) is 46.3 Å². The molecular weight excluding hydrogens is 344 g/mol. The molecule has 0 radical (unpaired) electrons. The Bertz CT molecular complexity index is 766. The number of nitrogens with zero attached hydrogens (tertiary/aromatic N) is 3. The summed E-state index contributed by atoms with van der Waals surface area (Å²) in [5.41, 5.74) is 2.68. The van der Waals surface area contributed by atoms with Crippen molar-refractivity contribution in [2.45, 2.75) is 20.5 Å². The van der Waals surface area contributed by atoms with Crippen LogP contribution in [0.25, 0.3) is 0 Å². The second-order valence-electron chi connectivity index (χ2n) is 7.11. The first-order chi connectivity index (χ1) is 13.0. The molecule has 0 bridgehead atoms. The maximum atomic E-state index is 12.2. The largest absolute Gasteiger partial charge is 0.486 e. The molecule has 2 aromatic rings. The van der Waals surface area contributed by atoms with Gasteiger partial charge in [-0.3, -0.25) is 9.69 Å². The third kappa shape index (κ3) is 5.55. The van der Waals surface area contributed by atoms with Crippen LogP contribution in [0.15, 0.2) is 28.8 Å². The molecular formula is C20H28N4O3. The molecule has 146 valence electrons. The molecule has 1 N–H and O–H groups in total. The molecule has 7 nitrogen and oxygen atoms in total. The van der Waals surface area contributed by atoms with Crippen molar-refractivity contribution in [3.05, 3.63) is 46.8 Å². The number of benzene rings is 1. The number of ether oxygens (including phenoxy) is 1. The minimum absolute atomic E-state index is 0.217. The number of rotatable bonds is 7. The molecule has 0 spiro atoms. The fourth-order valence-electron chi connectivity index (χ4n) is 2.94. The second-order valence-corrected chi connectivity index (χ2v) is 7.11. The number of hydrogen-bond acceptors (Lipinski definition) is 6. The lowest BCUT2D eigenvalue weighted by molar-refractivity contribution is 0.0931. The SMILES string of the molecule is Cc1ccc(OCc2cc(C(=O)NCCN3CCN(C)CC3)no2)cc1C. The number of carbonyl (C=O) groups is 1. The van der Waals surface area contributed by atoms with E-state index in [9.17, 15) is 4.79 Å². The van der Waals surface area contributed by atoms with Crippen LogP contribution in [0.1, 0.15) is 27.4 Å². The lowest BCUT2D eigenvalue weighted by Gasteiger charge is -2.32. The van der Waals surface area contributed by atoms with E-state index in [1.165, 1.54) is 11.1 Å². The Morgan fingerprint density at radius 3 is 2.70 bits per heavy atom. The normalized spacial score (nSPS) is 15.7. The summed E-state index contributed by atoms with van der Waals surface area (Å²) in [5.74, 6) is 1.08. The molecule has 1 aliphatic rings. The predicted molar refractivity (Wildman–Crippen MR) is 103 cm³/mol. The first-order valence-corrected chi connectivity index (χ1v) is 9.36. The van der Waals surface area contributed by atoms with E-state index in [1.807, 2.05) is 25.1 Å². The van der Waals surface area contributed by atoms with E-state index in [2.05, 4.69) is 34.2 Å². The molecule has 0 atom stereocenters. The quantitative estimate of drug-likeness (QED) is 0.800.